The van der Waals surface area contributed by atoms with Gasteiger partial charge in [0.05, 0.1) is 23.7 Å². The smallest absolute Gasteiger partial charge is 0.169 e. The van der Waals surface area contributed by atoms with Gasteiger partial charge in [-0.15, -0.1) is 0 Å². The number of nitrogens with one attached hydrogen (secondary N) is 1. The maximum Gasteiger partial charge on any atom is 0.169 e. The number of anilines is 3. The predicted molar refractivity (Wildman–Crippen MR) is 81.3 cm³/mol. The van der Waals surface area contributed by atoms with Crippen LogP contribution in [-0.2, 0) is 0 Å². The minimum absolute atomic E-state index is 0.0875. The molecule has 1 aromatic rings. The summed E-state index contributed by atoms with van der Waals surface area (Å²) in [5.74, 6) is -0.631. The van der Waals surface area contributed by atoms with Crippen LogP contribution in [0.4, 0.5) is 21.5 Å². The molecule has 2 rings (SSSR count). The van der Waals surface area contributed by atoms with E-state index in [9.17, 15) is 9.50 Å². The number of aliphatic hydroxyl groups excluding tert-OH is 1. The largest absolute Gasteiger partial charge is 0.397 e. The standard InChI is InChI=1S/C14H21ClFN3O/c15-11-9(17)6-10(18)13(12(11)16)19-7-14(8-20)4-2-1-3-5-14/h6,19-20H,1-5,7-8,17-18H2. The van der Waals surface area contributed by atoms with Crippen LogP contribution in [0.3, 0.4) is 0 Å². The van der Waals surface area contributed by atoms with Gasteiger partial charge in [-0.25, -0.2) is 4.39 Å². The van der Waals surface area contributed by atoms with E-state index in [4.69, 9.17) is 23.1 Å². The molecule has 0 amide bonds. The third kappa shape index (κ3) is 2.94. The van der Waals surface area contributed by atoms with Crippen molar-refractivity contribution in [3.63, 3.8) is 0 Å². The Labute approximate surface area is 123 Å². The molecule has 0 aliphatic heterocycles. The van der Waals surface area contributed by atoms with Gasteiger partial charge in [-0.05, 0) is 18.9 Å². The molecular formula is C14H21ClFN3O. The lowest BCUT2D eigenvalue weighted by molar-refractivity contribution is 0.0943. The fourth-order valence-corrected chi connectivity index (χ4v) is 2.96. The van der Waals surface area contributed by atoms with Crippen LogP contribution in [0.1, 0.15) is 32.1 Å². The van der Waals surface area contributed by atoms with Gasteiger partial charge in [0.15, 0.2) is 5.82 Å². The maximum absolute atomic E-state index is 14.1. The topological polar surface area (TPSA) is 84.3 Å². The molecule has 1 fully saturated rings. The fourth-order valence-electron chi connectivity index (χ4n) is 2.81. The average molecular weight is 302 g/mol. The van der Waals surface area contributed by atoms with E-state index in [1.807, 2.05) is 0 Å². The summed E-state index contributed by atoms with van der Waals surface area (Å²) in [6, 6.07) is 1.44. The SMILES string of the molecule is Nc1cc(N)c(NCC2(CO)CCCCC2)c(F)c1Cl. The predicted octanol–water partition coefficient (Wildman–Crippen LogP) is 3.00. The molecule has 0 bridgehead atoms. The van der Waals surface area contributed by atoms with Gasteiger partial charge in [0.2, 0.25) is 0 Å². The first-order chi connectivity index (χ1) is 9.49. The van der Waals surface area contributed by atoms with E-state index >= 15 is 0 Å². The Morgan fingerprint density at radius 3 is 2.50 bits per heavy atom. The molecule has 0 atom stereocenters. The highest BCUT2D eigenvalue weighted by Gasteiger charge is 2.31. The third-order valence-corrected chi connectivity index (χ3v) is 4.54. The molecule has 20 heavy (non-hydrogen) atoms. The first-order valence-corrected chi connectivity index (χ1v) is 7.24. The summed E-state index contributed by atoms with van der Waals surface area (Å²) in [5.41, 5.74) is 11.7. The second kappa shape index (κ2) is 6.06. The Morgan fingerprint density at radius 1 is 1.25 bits per heavy atom. The van der Waals surface area contributed by atoms with E-state index in [1.165, 1.54) is 12.5 Å². The monoisotopic (exact) mass is 301 g/mol. The normalized spacial score (nSPS) is 17.9. The van der Waals surface area contributed by atoms with E-state index < -0.39 is 5.82 Å². The zero-order valence-corrected chi connectivity index (χ0v) is 12.1. The number of rotatable bonds is 4. The lowest BCUT2D eigenvalue weighted by Crippen LogP contribution is -2.35. The number of nitrogens with two attached hydrogens (primary N) is 2. The lowest BCUT2D eigenvalue weighted by atomic mass is 9.74. The molecule has 0 radical (unpaired) electrons. The van der Waals surface area contributed by atoms with Gasteiger partial charge >= 0.3 is 0 Å². The number of halogens is 2. The minimum Gasteiger partial charge on any atom is -0.397 e. The molecule has 6 N–H and O–H groups in total. The molecule has 112 valence electrons. The van der Waals surface area contributed by atoms with Crippen LogP contribution in [0.5, 0.6) is 0 Å². The second-order valence-corrected chi connectivity index (χ2v) is 6.01. The number of hydrogen-bond donors (Lipinski definition) is 4. The van der Waals surface area contributed by atoms with Crippen LogP contribution >= 0.6 is 11.6 Å². The summed E-state index contributed by atoms with van der Waals surface area (Å²) in [6.45, 7) is 0.565. The number of hydrogen-bond acceptors (Lipinski definition) is 4. The Hall–Kier alpha value is -1.20. The van der Waals surface area contributed by atoms with Crippen molar-refractivity contribution in [2.75, 3.05) is 29.9 Å². The Kier molecular flexibility index (Phi) is 4.60. The van der Waals surface area contributed by atoms with E-state index in [-0.39, 0.29) is 34.1 Å². The summed E-state index contributed by atoms with van der Waals surface area (Å²) in [6.07, 6.45) is 5.22. The van der Waals surface area contributed by atoms with Crippen molar-refractivity contribution < 1.29 is 9.50 Å². The van der Waals surface area contributed by atoms with Crippen molar-refractivity contribution in [1.82, 2.24) is 0 Å². The summed E-state index contributed by atoms with van der Waals surface area (Å²) >= 11 is 5.80. The van der Waals surface area contributed by atoms with Crippen LogP contribution in [0.2, 0.25) is 5.02 Å². The van der Waals surface area contributed by atoms with E-state index in [0.717, 1.165) is 25.7 Å². The average Bonchev–Trinajstić information content (AvgIpc) is 2.46. The molecule has 0 heterocycles. The van der Waals surface area contributed by atoms with Gasteiger partial charge in [0.1, 0.15) is 5.02 Å². The quantitative estimate of drug-likeness (QED) is 0.644. The van der Waals surface area contributed by atoms with Crippen molar-refractivity contribution in [1.29, 1.82) is 0 Å². The molecule has 1 aromatic carbocycles. The van der Waals surface area contributed by atoms with E-state index in [1.54, 1.807) is 0 Å². The molecular weight excluding hydrogens is 281 g/mol. The van der Waals surface area contributed by atoms with Gasteiger partial charge in [0, 0.05) is 12.0 Å². The Balaban J connectivity index is 2.16. The highest BCUT2D eigenvalue weighted by molar-refractivity contribution is 6.33. The summed E-state index contributed by atoms with van der Waals surface area (Å²) in [7, 11) is 0. The van der Waals surface area contributed by atoms with Crippen molar-refractivity contribution in [2.45, 2.75) is 32.1 Å². The molecule has 0 spiro atoms. The van der Waals surface area contributed by atoms with Gasteiger partial charge in [-0.2, -0.15) is 0 Å². The molecule has 0 aromatic heterocycles. The van der Waals surface area contributed by atoms with Crippen LogP contribution in [0.25, 0.3) is 0 Å². The minimum atomic E-state index is -0.631. The second-order valence-electron chi connectivity index (χ2n) is 5.63. The Morgan fingerprint density at radius 2 is 1.90 bits per heavy atom. The molecule has 6 heteroatoms. The highest BCUT2D eigenvalue weighted by atomic mass is 35.5. The molecule has 1 aliphatic rings. The number of benzene rings is 1. The van der Waals surface area contributed by atoms with Gasteiger partial charge in [-0.1, -0.05) is 30.9 Å². The van der Waals surface area contributed by atoms with Crippen molar-refractivity contribution in [3.05, 3.63) is 16.9 Å². The van der Waals surface area contributed by atoms with Crippen LogP contribution < -0.4 is 16.8 Å². The molecule has 1 aliphatic carbocycles. The molecule has 4 nitrogen and oxygen atoms in total. The highest BCUT2D eigenvalue weighted by Crippen LogP contribution is 2.38. The summed E-state index contributed by atoms with van der Waals surface area (Å²) in [4.78, 5) is 0. The molecule has 0 unspecified atom stereocenters. The zero-order valence-electron chi connectivity index (χ0n) is 11.4. The van der Waals surface area contributed by atoms with Crippen LogP contribution in [-0.4, -0.2) is 18.3 Å². The van der Waals surface area contributed by atoms with Gasteiger partial charge in [-0.3, -0.25) is 0 Å². The summed E-state index contributed by atoms with van der Waals surface area (Å²) in [5, 5.41) is 12.5. The molecule has 1 saturated carbocycles. The van der Waals surface area contributed by atoms with Crippen molar-refractivity contribution in [3.8, 4) is 0 Å². The lowest BCUT2D eigenvalue weighted by Gasteiger charge is -2.36. The van der Waals surface area contributed by atoms with Crippen LogP contribution in [0, 0.1) is 11.2 Å². The van der Waals surface area contributed by atoms with Crippen LogP contribution in [0.15, 0.2) is 6.07 Å². The van der Waals surface area contributed by atoms with Crippen molar-refractivity contribution >= 4 is 28.7 Å². The zero-order chi connectivity index (χ0) is 14.8. The van der Waals surface area contributed by atoms with Gasteiger partial charge < -0.3 is 21.9 Å². The Bertz CT molecular complexity index is 490. The number of aliphatic hydroxyl groups is 1. The fraction of sp³-hybridized carbons (Fsp3) is 0.571. The van der Waals surface area contributed by atoms with Crippen molar-refractivity contribution in [2.24, 2.45) is 5.41 Å². The molecule has 0 saturated heterocycles. The maximum atomic E-state index is 14.1. The first kappa shape index (κ1) is 15.2. The first-order valence-electron chi connectivity index (χ1n) is 6.87. The van der Waals surface area contributed by atoms with E-state index in [0.29, 0.717) is 6.54 Å². The number of nitrogen functional groups attached to an aromatic ring is 2. The third-order valence-electron chi connectivity index (χ3n) is 4.16. The van der Waals surface area contributed by atoms with E-state index in [2.05, 4.69) is 5.32 Å². The van der Waals surface area contributed by atoms with Gasteiger partial charge in [0.25, 0.3) is 0 Å². The summed E-state index contributed by atoms with van der Waals surface area (Å²) < 4.78 is 14.1.